The smallest absolute Gasteiger partial charge is 0.207 e. The van der Waals surface area contributed by atoms with Crippen LogP contribution >= 0.6 is 11.8 Å². The molecule has 0 aromatic heterocycles. The summed E-state index contributed by atoms with van der Waals surface area (Å²) in [4.78, 5) is 25.1. The Kier molecular flexibility index (Phi) is 2.91. The number of nitriles is 1. The second kappa shape index (κ2) is 4.82. The van der Waals surface area contributed by atoms with Gasteiger partial charge in [0.05, 0.1) is 6.07 Å². The molecular formula is C18H11NO2S. The van der Waals surface area contributed by atoms with Gasteiger partial charge in [-0.2, -0.15) is 5.26 Å². The molecule has 1 saturated heterocycles. The summed E-state index contributed by atoms with van der Waals surface area (Å²) >= 11 is 1.19. The van der Waals surface area contributed by atoms with Crippen molar-refractivity contribution >= 4 is 22.7 Å². The molecule has 0 N–H and O–H groups in total. The maximum atomic E-state index is 12.9. The van der Waals surface area contributed by atoms with Crippen LogP contribution in [0, 0.1) is 17.2 Å². The lowest BCUT2D eigenvalue weighted by Crippen LogP contribution is -2.14. The summed E-state index contributed by atoms with van der Waals surface area (Å²) in [6.07, 6.45) is 0. The minimum absolute atomic E-state index is 0.0228. The highest BCUT2D eigenvalue weighted by Crippen LogP contribution is 2.56. The van der Waals surface area contributed by atoms with E-state index in [-0.39, 0.29) is 22.1 Å². The van der Waals surface area contributed by atoms with Gasteiger partial charge in [-0.1, -0.05) is 60.3 Å². The highest BCUT2D eigenvalue weighted by Gasteiger charge is 2.48. The first kappa shape index (κ1) is 13.3. The van der Waals surface area contributed by atoms with Crippen molar-refractivity contribution < 1.29 is 9.59 Å². The monoisotopic (exact) mass is 305 g/mol. The highest BCUT2D eigenvalue weighted by molar-refractivity contribution is 8.14. The fourth-order valence-electron chi connectivity index (χ4n) is 3.42. The van der Waals surface area contributed by atoms with Crippen LogP contribution in [0.3, 0.4) is 0 Å². The van der Waals surface area contributed by atoms with Gasteiger partial charge in [-0.3, -0.25) is 9.59 Å². The van der Waals surface area contributed by atoms with Crippen LogP contribution in [0.25, 0.3) is 0 Å². The molecule has 3 atom stereocenters. The molecule has 1 aliphatic heterocycles. The van der Waals surface area contributed by atoms with E-state index in [2.05, 4.69) is 6.07 Å². The Balaban J connectivity index is 2.05. The van der Waals surface area contributed by atoms with E-state index in [0.717, 1.165) is 11.1 Å². The lowest BCUT2D eigenvalue weighted by atomic mass is 9.82. The topological polar surface area (TPSA) is 57.9 Å². The van der Waals surface area contributed by atoms with Crippen molar-refractivity contribution in [3.63, 3.8) is 0 Å². The van der Waals surface area contributed by atoms with E-state index in [9.17, 15) is 14.9 Å². The molecule has 106 valence electrons. The molecular weight excluding hydrogens is 294 g/mol. The summed E-state index contributed by atoms with van der Waals surface area (Å²) in [6, 6.07) is 16.9. The van der Waals surface area contributed by atoms with Gasteiger partial charge in [0.2, 0.25) is 5.12 Å². The molecule has 2 aliphatic rings. The molecule has 3 nitrogen and oxygen atoms in total. The van der Waals surface area contributed by atoms with Gasteiger partial charge in [0.1, 0.15) is 5.92 Å². The van der Waals surface area contributed by atoms with Crippen LogP contribution in [0.4, 0.5) is 0 Å². The van der Waals surface area contributed by atoms with Crippen molar-refractivity contribution in [1.29, 1.82) is 5.26 Å². The van der Waals surface area contributed by atoms with Crippen LogP contribution in [0.1, 0.15) is 38.2 Å². The van der Waals surface area contributed by atoms with Gasteiger partial charge in [-0.15, -0.1) is 0 Å². The van der Waals surface area contributed by atoms with Crippen molar-refractivity contribution in [3.8, 4) is 6.07 Å². The molecule has 0 radical (unpaired) electrons. The van der Waals surface area contributed by atoms with Crippen LogP contribution in [-0.4, -0.2) is 10.9 Å². The Labute approximate surface area is 132 Å². The standard InChI is InChI=1S/C18H11NO2S/c19-9-14-15-10-5-1-2-6-11(10)16(20)12-7-3-4-8-13(12)17(15)22-18(14)21/h1-8,14-15,17H/t14-,15+,17+/m0/s1. The number of nitrogens with zero attached hydrogens (tertiary/aromatic N) is 1. The van der Waals surface area contributed by atoms with Gasteiger partial charge in [0.15, 0.2) is 5.78 Å². The second-order valence-corrected chi connectivity index (χ2v) is 6.64. The number of hydrogen-bond acceptors (Lipinski definition) is 4. The number of hydrogen-bond donors (Lipinski definition) is 0. The first-order valence-electron chi connectivity index (χ1n) is 7.05. The van der Waals surface area contributed by atoms with Crippen molar-refractivity contribution in [2.24, 2.45) is 5.92 Å². The quantitative estimate of drug-likeness (QED) is 0.748. The Morgan fingerprint density at radius 1 is 0.909 bits per heavy atom. The van der Waals surface area contributed by atoms with E-state index >= 15 is 0 Å². The van der Waals surface area contributed by atoms with Crippen LogP contribution in [0.5, 0.6) is 0 Å². The zero-order valence-electron chi connectivity index (χ0n) is 11.5. The summed E-state index contributed by atoms with van der Waals surface area (Å²) in [6.45, 7) is 0. The van der Waals surface area contributed by atoms with Gasteiger partial charge in [0.25, 0.3) is 0 Å². The zero-order valence-corrected chi connectivity index (χ0v) is 12.3. The molecule has 0 spiro atoms. The Bertz CT molecular complexity index is 852. The van der Waals surface area contributed by atoms with Crippen LogP contribution in [-0.2, 0) is 4.79 Å². The average molecular weight is 305 g/mol. The number of carbonyl (C=O) groups is 2. The molecule has 0 unspecified atom stereocenters. The number of rotatable bonds is 0. The Hall–Kier alpha value is -2.38. The zero-order chi connectivity index (χ0) is 15.3. The normalized spacial score (nSPS) is 25.7. The predicted molar refractivity (Wildman–Crippen MR) is 83.5 cm³/mol. The molecule has 1 fully saturated rings. The van der Waals surface area contributed by atoms with Crippen molar-refractivity contribution in [3.05, 3.63) is 70.8 Å². The van der Waals surface area contributed by atoms with E-state index in [0.29, 0.717) is 11.1 Å². The molecule has 22 heavy (non-hydrogen) atoms. The minimum Gasteiger partial charge on any atom is -0.289 e. The summed E-state index contributed by atoms with van der Waals surface area (Å²) in [7, 11) is 0. The average Bonchev–Trinajstić information content (AvgIpc) is 2.85. The minimum atomic E-state index is -0.699. The van der Waals surface area contributed by atoms with Gasteiger partial charge in [-0.25, -0.2) is 0 Å². The third-order valence-corrected chi connectivity index (χ3v) is 5.69. The highest BCUT2D eigenvalue weighted by atomic mass is 32.2. The van der Waals surface area contributed by atoms with Crippen molar-refractivity contribution in [2.45, 2.75) is 11.2 Å². The molecule has 4 rings (SSSR count). The van der Waals surface area contributed by atoms with Crippen LogP contribution in [0.2, 0.25) is 0 Å². The van der Waals surface area contributed by atoms with Gasteiger partial charge in [0, 0.05) is 22.3 Å². The summed E-state index contributed by atoms with van der Waals surface area (Å²) < 4.78 is 0. The molecule has 1 aliphatic carbocycles. The number of fused-ring (bicyclic) bond motifs is 5. The fraction of sp³-hybridized carbons (Fsp3) is 0.167. The third kappa shape index (κ3) is 1.69. The first-order chi connectivity index (χ1) is 10.7. The summed E-state index contributed by atoms with van der Waals surface area (Å²) in [5.41, 5.74) is 2.93. The maximum Gasteiger partial charge on any atom is 0.207 e. The lowest BCUT2D eigenvalue weighted by Gasteiger charge is -2.19. The van der Waals surface area contributed by atoms with Gasteiger partial charge < -0.3 is 0 Å². The number of ketones is 1. The molecule has 4 heteroatoms. The molecule has 0 bridgehead atoms. The number of thioether (sulfide) groups is 1. The first-order valence-corrected chi connectivity index (χ1v) is 7.93. The number of carbonyl (C=O) groups excluding carboxylic acids is 2. The molecule has 1 heterocycles. The van der Waals surface area contributed by atoms with Gasteiger partial charge >= 0.3 is 0 Å². The molecule has 0 amide bonds. The van der Waals surface area contributed by atoms with E-state index in [4.69, 9.17) is 0 Å². The fourth-order valence-corrected chi connectivity index (χ4v) is 4.80. The van der Waals surface area contributed by atoms with E-state index in [1.807, 2.05) is 42.5 Å². The summed E-state index contributed by atoms with van der Waals surface area (Å²) in [5.74, 6) is -0.980. The summed E-state index contributed by atoms with van der Waals surface area (Å²) in [5, 5.41) is 9.17. The largest absolute Gasteiger partial charge is 0.289 e. The SMILES string of the molecule is N#C[C@@H]1C(=O)S[C@@H]2c3ccccc3C(=O)c3ccccc3[C@H]12. The predicted octanol–water partition coefficient (Wildman–Crippen LogP) is 3.47. The lowest BCUT2D eigenvalue weighted by molar-refractivity contribution is -0.112. The van der Waals surface area contributed by atoms with Gasteiger partial charge in [-0.05, 0) is 11.1 Å². The van der Waals surface area contributed by atoms with E-state index in [1.54, 1.807) is 6.07 Å². The number of benzene rings is 2. The Morgan fingerprint density at radius 2 is 1.50 bits per heavy atom. The Morgan fingerprint density at radius 3 is 2.18 bits per heavy atom. The van der Waals surface area contributed by atoms with Crippen molar-refractivity contribution in [1.82, 2.24) is 0 Å². The molecule has 2 aromatic carbocycles. The molecule has 0 saturated carbocycles. The van der Waals surface area contributed by atoms with E-state index in [1.165, 1.54) is 11.8 Å². The molecule has 2 aromatic rings. The van der Waals surface area contributed by atoms with Crippen LogP contribution in [0.15, 0.2) is 48.5 Å². The van der Waals surface area contributed by atoms with E-state index < -0.39 is 5.92 Å². The third-order valence-electron chi connectivity index (χ3n) is 4.40. The maximum absolute atomic E-state index is 12.9. The van der Waals surface area contributed by atoms with Crippen LogP contribution < -0.4 is 0 Å². The van der Waals surface area contributed by atoms with Crippen molar-refractivity contribution in [2.75, 3.05) is 0 Å². The second-order valence-electron chi connectivity index (χ2n) is 5.49.